The Labute approximate surface area is 139 Å². The maximum absolute atomic E-state index is 8.95. The van der Waals surface area contributed by atoms with Gasteiger partial charge in [-0.05, 0) is 57.0 Å². The van der Waals surface area contributed by atoms with Crippen LogP contribution in [0.1, 0.15) is 21.4 Å². The molecule has 0 unspecified atom stereocenters. The summed E-state index contributed by atoms with van der Waals surface area (Å²) in [7, 11) is 0. The second-order valence-electron chi connectivity index (χ2n) is 4.41. The maximum Gasteiger partial charge on any atom is 0.0992 e. The lowest BCUT2D eigenvalue weighted by atomic mass is 10.1. The number of nitriles is 1. The standard InChI is InChI=1S/C16H11BrN2S2/c17-12-9-11(10-18)5-6-13(12)19-16(14-3-1-7-20-14)15-4-2-8-21-15/h1-9,16,19H. The van der Waals surface area contributed by atoms with Crippen molar-refractivity contribution >= 4 is 44.3 Å². The van der Waals surface area contributed by atoms with Crippen LogP contribution < -0.4 is 5.32 Å². The van der Waals surface area contributed by atoms with Crippen LogP contribution >= 0.6 is 38.6 Å². The largest absolute Gasteiger partial charge is 0.372 e. The number of thiophene rings is 2. The molecule has 0 fully saturated rings. The van der Waals surface area contributed by atoms with E-state index in [0.29, 0.717) is 5.56 Å². The molecule has 2 aromatic heterocycles. The first kappa shape index (κ1) is 14.3. The van der Waals surface area contributed by atoms with E-state index in [-0.39, 0.29) is 6.04 Å². The minimum atomic E-state index is 0.134. The number of nitrogens with zero attached hydrogens (tertiary/aromatic N) is 1. The van der Waals surface area contributed by atoms with Crippen LogP contribution in [0.4, 0.5) is 5.69 Å². The Morgan fingerprint density at radius 1 is 1.05 bits per heavy atom. The van der Waals surface area contributed by atoms with E-state index in [2.05, 4.69) is 62.3 Å². The molecule has 0 aliphatic heterocycles. The van der Waals surface area contributed by atoms with Crippen molar-refractivity contribution in [2.75, 3.05) is 5.32 Å². The Hall–Kier alpha value is -1.61. The highest BCUT2D eigenvalue weighted by Crippen LogP contribution is 2.34. The fourth-order valence-corrected chi connectivity index (χ4v) is 4.21. The molecule has 104 valence electrons. The highest BCUT2D eigenvalue weighted by Gasteiger charge is 2.17. The van der Waals surface area contributed by atoms with Gasteiger partial charge in [-0.15, -0.1) is 22.7 Å². The Morgan fingerprint density at radius 3 is 2.19 bits per heavy atom. The molecule has 21 heavy (non-hydrogen) atoms. The molecule has 0 amide bonds. The first-order valence-electron chi connectivity index (χ1n) is 6.31. The van der Waals surface area contributed by atoms with Gasteiger partial charge in [-0.2, -0.15) is 5.26 Å². The number of rotatable bonds is 4. The Kier molecular flexibility index (Phi) is 4.39. The van der Waals surface area contributed by atoms with Gasteiger partial charge in [0.05, 0.1) is 17.7 Å². The van der Waals surface area contributed by atoms with Crippen LogP contribution in [0.25, 0.3) is 0 Å². The fraction of sp³-hybridized carbons (Fsp3) is 0.0625. The summed E-state index contributed by atoms with van der Waals surface area (Å²) in [4.78, 5) is 2.54. The average molecular weight is 375 g/mol. The van der Waals surface area contributed by atoms with Crippen LogP contribution in [0.3, 0.4) is 0 Å². The van der Waals surface area contributed by atoms with Crippen LogP contribution in [0.2, 0.25) is 0 Å². The van der Waals surface area contributed by atoms with Gasteiger partial charge in [0.15, 0.2) is 0 Å². The second kappa shape index (κ2) is 6.44. The first-order valence-corrected chi connectivity index (χ1v) is 8.86. The molecule has 0 saturated carbocycles. The lowest BCUT2D eigenvalue weighted by Gasteiger charge is -2.18. The normalized spacial score (nSPS) is 10.5. The fourth-order valence-electron chi connectivity index (χ4n) is 2.05. The minimum Gasteiger partial charge on any atom is -0.372 e. The van der Waals surface area contributed by atoms with Crippen LogP contribution in [0, 0.1) is 11.3 Å². The number of anilines is 1. The predicted octanol–water partition coefficient (Wildman–Crippen LogP) is 5.65. The van der Waals surface area contributed by atoms with E-state index in [1.54, 1.807) is 22.7 Å². The van der Waals surface area contributed by atoms with Gasteiger partial charge in [0, 0.05) is 19.9 Å². The van der Waals surface area contributed by atoms with Crippen LogP contribution in [0.15, 0.2) is 57.7 Å². The van der Waals surface area contributed by atoms with Gasteiger partial charge in [0.25, 0.3) is 0 Å². The van der Waals surface area contributed by atoms with Crippen molar-refractivity contribution in [3.05, 3.63) is 73.0 Å². The number of halogens is 1. The Bertz CT molecular complexity index is 724. The molecule has 0 saturated heterocycles. The summed E-state index contributed by atoms with van der Waals surface area (Å²) in [5.41, 5.74) is 1.64. The zero-order chi connectivity index (χ0) is 14.7. The third kappa shape index (κ3) is 3.18. The highest BCUT2D eigenvalue weighted by atomic mass is 79.9. The first-order chi connectivity index (χ1) is 10.3. The minimum absolute atomic E-state index is 0.134. The van der Waals surface area contributed by atoms with Gasteiger partial charge in [-0.25, -0.2) is 0 Å². The molecule has 0 aliphatic carbocycles. The van der Waals surface area contributed by atoms with Crippen LogP contribution in [-0.2, 0) is 0 Å². The molecule has 5 heteroatoms. The van der Waals surface area contributed by atoms with Crippen molar-refractivity contribution < 1.29 is 0 Å². The van der Waals surface area contributed by atoms with Crippen LogP contribution in [-0.4, -0.2) is 0 Å². The van der Waals surface area contributed by atoms with Gasteiger partial charge < -0.3 is 5.32 Å². The molecule has 0 radical (unpaired) electrons. The lowest BCUT2D eigenvalue weighted by molar-refractivity contribution is 0.991. The zero-order valence-electron chi connectivity index (χ0n) is 10.9. The molecule has 0 aliphatic rings. The smallest absolute Gasteiger partial charge is 0.0992 e. The topological polar surface area (TPSA) is 35.8 Å². The summed E-state index contributed by atoms with van der Waals surface area (Å²) in [6.45, 7) is 0. The maximum atomic E-state index is 8.95. The van der Waals surface area contributed by atoms with Crippen molar-refractivity contribution in [2.45, 2.75) is 6.04 Å². The predicted molar refractivity (Wildman–Crippen MR) is 93.0 cm³/mol. The van der Waals surface area contributed by atoms with Gasteiger partial charge >= 0.3 is 0 Å². The summed E-state index contributed by atoms with van der Waals surface area (Å²) in [6, 6.07) is 16.3. The van der Waals surface area contributed by atoms with Crippen molar-refractivity contribution in [3.8, 4) is 6.07 Å². The summed E-state index contributed by atoms with van der Waals surface area (Å²) >= 11 is 7.01. The molecule has 1 N–H and O–H groups in total. The molecular weight excluding hydrogens is 364 g/mol. The third-order valence-electron chi connectivity index (χ3n) is 3.05. The molecular formula is C16H11BrN2S2. The Morgan fingerprint density at radius 2 is 1.71 bits per heavy atom. The van der Waals surface area contributed by atoms with Crippen LogP contribution in [0.5, 0.6) is 0 Å². The Balaban J connectivity index is 1.94. The SMILES string of the molecule is N#Cc1ccc(NC(c2cccs2)c2cccs2)c(Br)c1. The zero-order valence-corrected chi connectivity index (χ0v) is 14.1. The number of nitrogens with one attached hydrogen (secondary N) is 1. The number of hydrogen-bond acceptors (Lipinski definition) is 4. The van der Waals surface area contributed by atoms with Crippen molar-refractivity contribution in [1.29, 1.82) is 5.26 Å². The molecule has 3 rings (SSSR count). The summed E-state index contributed by atoms with van der Waals surface area (Å²) in [5.74, 6) is 0. The third-order valence-corrected chi connectivity index (χ3v) is 5.58. The highest BCUT2D eigenvalue weighted by molar-refractivity contribution is 9.10. The van der Waals surface area contributed by atoms with E-state index in [1.807, 2.05) is 18.2 Å². The monoisotopic (exact) mass is 374 g/mol. The molecule has 0 spiro atoms. The second-order valence-corrected chi connectivity index (χ2v) is 7.23. The quantitative estimate of drug-likeness (QED) is 0.640. The number of benzene rings is 1. The average Bonchev–Trinajstić information content (AvgIpc) is 3.19. The molecule has 3 aromatic rings. The van der Waals surface area contributed by atoms with Gasteiger partial charge in [0.2, 0.25) is 0 Å². The summed E-state index contributed by atoms with van der Waals surface area (Å²) < 4.78 is 0.902. The van der Waals surface area contributed by atoms with Gasteiger partial charge in [-0.1, -0.05) is 12.1 Å². The number of hydrogen-bond donors (Lipinski definition) is 1. The molecule has 2 nitrogen and oxygen atoms in total. The van der Waals surface area contributed by atoms with E-state index >= 15 is 0 Å². The van der Waals surface area contributed by atoms with Crippen molar-refractivity contribution in [1.82, 2.24) is 0 Å². The molecule has 0 bridgehead atoms. The molecule has 2 heterocycles. The van der Waals surface area contributed by atoms with Crippen molar-refractivity contribution in [3.63, 3.8) is 0 Å². The van der Waals surface area contributed by atoms with E-state index in [4.69, 9.17) is 5.26 Å². The van der Waals surface area contributed by atoms with Gasteiger partial charge in [-0.3, -0.25) is 0 Å². The van der Waals surface area contributed by atoms with E-state index in [9.17, 15) is 0 Å². The molecule has 0 atom stereocenters. The van der Waals surface area contributed by atoms with Gasteiger partial charge in [0.1, 0.15) is 0 Å². The molecule has 1 aromatic carbocycles. The summed E-state index contributed by atoms with van der Waals surface area (Å²) in [5, 5.41) is 16.7. The van der Waals surface area contributed by atoms with E-state index in [1.165, 1.54) is 9.75 Å². The lowest BCUT2D eigenvalue weighted by Crippen LogP contribution is -2.10. The van der Waals surface area contributed by atoms with E-state index < -0.39 is 0 Å². The van der Waals surface area contributed by atoms with E-state index in [0.717, 1.165) is 10.2 Å². The summed E-state index contributed by atoms with van der Waals surface area (Å²) in [6.07, 6.45) is 0. The van der Waals surface area contributed by atoms with Crippen molar-refractivity contribution in [2.24, 2.45) is 0 Å².